The summed E-state index contributed by atoms with van der Waals surface area (Å²) >= 11 is 5.93. The number of hydrogen-bond donors (Lipinski definition) is 1. The molecule has 24 heavy (non-hydrogen) atoms. The molecule has 0 saturated carbocycles. The molecule has 0 saturated heterocycles. The molecule has 1 N–H and O–H groups in total. The van der Waals surface area contributed by atoms with Crippen LogP contribution >= 0.6 is 11.6 Å². The monoisotopic (exact) mass is 344 g/mol. The molecule has 0 atom stereocenters. The standard InChI is InChI=1S/C19H21ClN2O2/c1-3-22(17-9-4-6-14(2)12-17)19(24)18(23)21-11-10-15-7-5-8-16(20)13-15/h4-9,12-13H,3,10-11H2,1-2H3,(H,21,23). The summed E-state index contributed by atoms with van der Waals surface area (Å²) in [6.45, 7) is 4.62. The zero-order valence-electron chi connectivity index (χ0n) is 13.9. The van der Waals surface area contributed by atoms with Gasteiger partial charge >= 0.3 is 11.8 Å². The van der Waals surface area contributed by atoms with Crippen LogP contribution in [-0.2, 0) is 16.0 Å². The van der Waals surface area contributed by atoms with Crippen molar-refractivity contribution in [1.82, 2.24) is 5.32 Å². The number of nitrogens with zero attached hydrogens (tertiary/aromatic N) is 1. The number of rotatable bonds is 5. The SMILES string of the molecule is CCN(C(=O)C(=O)NCCc1cccc(Cl)c1)c1cccc(C)c1. The van der Waals surface area contributed by atoms with Crippen molar-refractivity contribution in [3.05, 3.63) is 64.7 Å². The number of aryl methyl sites for hydroxylation is 1. The number of hydrogen-bond acceptors (Lipinski definition) is 2. The summed E-state index contributed by atoms with van der Waals surface area (Å²) in [6.07, 6.45) is 0.621. The lowest BCUT2D eigenvalue weighted by Gasteiger charge is -2.20. The van der Waals surface area contributed by atoms with Gasteiger partial charge in [0.15, 0.2) is 0 Å². The molecule has 126 valence electrons. The highest BCUT2D eigenvalue weighted by Gasteiger charge is 2.21. The lowest BCUT2D eigenvalue weighted by atomic mass is 10.1. The Morgan fingerprint density at radius 1 is 1.12 bits per heavy atom. The molecular weight excluding hydrogens is 324 g/mol. The van der Waals surface area contributed by atoms with E-state index < -0.39 is 11.8 Å². The van der Waals surface area contributed by atoms with Crippen molar-refractivity contribution in [3.63, 3.8) is 0 Å². The van der Waals surface area contributed by atoms with Crippen molar-refractivity contribution in [2.45, 2.75) is 20.3 Å². The number of likely N-dealkylation sites (N-methyl/N-ethyl adjacent to an activating group) is 1. The summed E-state index contributed by atoms with van der Waals surface area (Å²) in [5.41, 5.74) is 2.79. The normalized spacial score (nSPS) is 10.3. The molecule has 2 amide bonds. The number of carbonyl (C=O) groups excluding carboxylic acids is 2. The second-order valence-corrected chi connectivity index (χ2v) is 5.96. The van der Waals surface area contributed by atoms with Gasteiger partial charge in [-0.15, -0.1) is 0 Å². The lowest BCUT2D eigenvalue weighted by Crippen LogP contribution is -2.43. The minimum Gasteiger partial charge on any atom is -0.347 e. The van der Waals surface area contributed by atoms with Crippen LogP contribution in [0.15, 0.2) is 48.5 Å². The first-order chi connectivity index (χ1) is 11.5. The smallest absolute Gasteiger partial charge is 0.316 e. The number of amides is 2. The van der Waals surface area contributed by atoms with Gasteiger partial charge in [0.25, 0.3) is 0 Å². The Kier molecular flexibility index (Phi) is 6.38. The molecule has 4 nitrogen and oxygen atoms in total. The Balaban J connectivity index is 1.94. The van der Waals surface area contributed by atoms with E-state index in [0.717, 1.165) is 16.8 Å². The van der Waals surface area contributed by atoms with Crippen LogP contribution in [0.3, 0.4) is 0 Å². The van der Waals surface area contributed by atoms with Gasteiger partial charge in [-0.25, -0.2) is 0 Å². The first kappa shape index (κ1) is 18.0. The highest BCUT2D eigenvalue weighted by molar-refractivity contribution is 6.40. The van der Waals surface area contributed by atoms with Crippen LogP contribution in [0.5, 0.6) is 0 Å². The van der Waals surface area contributed by atoms with Crippen LogP contribution in [0.1, 0.15) is 18.1 Å². The van der Waals surface area contributed by atoms with E-state index >= 15 is 0 Å². The Labute approximate surface area is 147 Å². The average Bonchev–Trinajstić information content (AvgIpc) is 2.55. The molecule has 2 aromatic rings. The molecule has 0 aliphatic heterocycles. The van der Waals surface area contributed by atoms with Gasteiger partial charge in [-0.1, -0.05) is 35.9 Å². The quantitative estimate of drug-likeness (QED) is 0.845. The molecule has 0 fully saturated rings. The van der Waals surface area contributed by atoms with E-state index in [2.05, 4.69) is 5.32 Å². The van der Waals surface area contributed by atoms with Crippen LogP contribution in [-0.4, -0.2) is 24.9 Å². The molecule has 0 aliphatic rings. The molecule has 0 heterocycles. The summed E-state index contributed by atoms with van der Waals surface area (Å²) in [7, 11) is 0. The Hall–Kier alpha value is -2.33. The van der Waals surface area contributed by atoms with Crippen LogP contribution in [0, 0.1) is 6.92 Å². The topological polar surface area (TPSA) is 49.4 Å². The Bertz CT molecular complexity index is 731. The zero-order valence-corrected chi connectivity index (χ0v) is 14.6. The molecule has 5 heteroatoms. The molecular formula is C19H21ClN2O2. The van der Waals surface area contributed by atoms with E-state index in [4.69, 9.17) is 11.6 Å². The van der Waals surface area contributed by atoms with Gasteiger partial charge in [-0.2, -0.15) is 0 Å². The van der Waals surface area contributed by atoms with Gasteiger partial charge in [0, 0.05) is 23.8 Å². The van der Waals surface area contributed by atoms with Crippen LogP contribution in [0.4, 0.5) is 5.69 Å². The fourth-order valence-electron chi connectivity index (χ4n) is 2.45. The van der Waals surface area contributed by atoms with E-state index in [1.807, 2.05) is 56.3 Å². The summed E-state index contributed by atoms with van der Waals surface area (Å²) in [5, 5.41) is 3.34. The summed E-state index contributed by atoms with van der Waals surface area (Å²) in [6, 6.07) is 15.0. The molecule has 0 bridgehead atoms. The van der Waals surface area contributed by atoms with E-state index in [1.165, 1.54) is 4.90 Å². The molecule has 2 aromatic carbocycles. The first-order valence-electron chi connectivity index (χ1n) is 7.92. The van der Waals surface area contributed by atoms with Gasteiger partial charge in [0.1, 0.15) is 0 Å². The van der Waals surface area contributed by atoms with Gasteiger partial charge in [0.2, 0.25) is 0 Å². The predicted octanol–water partition coefficient (Wildman–Crippen LogP) is 3.36. The fourth-order valence-corrected chi connectivity index (χ4v) is 2.66. The molecule has 0 spiro atoms. The van der Waals surface area contributed by atoms with E-state index in [1.54, 1.807) is 6.07 Å². The van der Waals surface area contributed by atoms with Crippen LogP contribution in [0.2, 0.25) is 5.02 Å². The highest BCUT2D eigenvalue weighted by Crippen LogP contribution is 2.16. The summed E-state index contributed by atoms with van der Waals surface area (Å²) < 4.78 is 0. The van der Waals surface area contributed by atoms with Crippen molar-refractivity contribution in [3.8, 4) is 0 Å². The van der Waals surface area contributed by atoms with Crippen molar-refractivity contribution < 1.29 is 9.59 Å². The van der Waals surface area contributed by atoms with E-state index in [-0.39, 0.29) is 0 Å². The second-order valence-electron chi connectivity index (χ2n) is 5.52. The molecule has 0 aromatic heterocycles. The highest BCUT2D eigenvalue weighted by atomic mass is 35.5. The number of nitrogens with one attached hydrogen (secondary N) is 1. The number of halogens is 1. The summed E-state index contributed by atoms with van der Waals surface area (Å²) in [5.74, 6) is -1.14. The predicted molar refractivity (Wildman–Crippen MR) is 97.4 cm³/mol. The minimum atomic E-state index is -0.597. The van der Waals surface area contributed by atoms with Crippen molar-refractivity contribution in [2.75, 3.05) is 18.0 Å². The molecule has 0 unspecified atom stereocenters. The number of carbonyl (C=O) groups is 2. The number of benzene rings is 2. The maximum absolute atomic E-state index is 12.4. The van der Waals surface area contributed by atoms with E-state index in [0.29, 0.717) is 24.5 Å². The van der Waals surface area contributed by atoms with Gasteiger partial charge in [-0.3, -0.25) is 9.59 Å². The van der Waals surface area contributed by atoms with Crippen molar-refractivity contribution in [1.29, 1.82) is 0 Å². The largest absolute Gasteiger partial charge is 0.347 e. The molecule has 2 rings (SSSR count). The Morgan fingerprint density at radius 3 is 2.54 bits per heavy atom. The van der Waals surface area contributed by atoms with Gasteiger partial charge in [0.05, 0.1) is 0 Å². The zero-order chi connectivity index (χ0) is 17.5. The third-order valence-corrected chi connectivity index (χ3v) is 3.89. The first-order valence-corrected chi connectivity index (χ1v) is 8.30. The average molecular weight is 345 g/mol. The third-order valence-electron chi connectivity index (χ3n) is 3.66. The third kappa shape index (κ3) is 4.83. The fraction of sp³-hybridized carbons (Fsp3) is 0.263. The molecule has 0 aliphatic carbocycles. The van der Waals surface area contributed by atoms with Crippen LogP contribution < -0.4 is 10.2 Å². The van der Waals surface area contributed by atoms with Crippen molar-refractivity contribution in [2.24, 2.45) is 0 Å². The van der Waals surface area contributed by atoms with Crippen molar-refractivity contribution >= 4 is 29.1 Å². The molecule has 0 radical (unpaired) electrons. The lowest BCUT2D eigenvalue weighted by molar-refractivity contribution is -0.137. The minimum absolute atomic E-state index is 0.385. The summed E-state index contributed by atoms with van der Waals surface area (Å²) in [4.78, 5) is 26.0. The van der Waals surface area contributed by atoms with Gasteiger partial charge < -0.3 is 10.2 Å². The van der Waals surface area contributed by atoms with E-state index in [9.17, 15) is 9.59 Å². The van der Waals surface area contributed by atoms with Gasteiger partial charge in [-0.05, 0) is 55.7 Å². The number of anilines is 1. The maximum atomic E-state index is 12.4. The second kappa shape index (κ2) is 8.50. The van der Waals surface area contributed by atoms with Crippen LogP contribution in [0.25, 0.3) is 0 Å². The maximum Gasteiger partial charge on any atom is 0.316 e. The Morgan fingerprint density at radius 2 is 1.88 bits per heavy atom.